The van der Waals surface area contributed by atoms with Gasteiger partial charge in [0.2, 0.25) is 17.7 Å². The van der Waals surface area contributed by atoms with Crippen LogP contribution in [0.4, 0.5) is 11.4 Å². The number of aliphatic carboxylic acids is 1. The molecule has 2 heterocycles. The summed E-state index contributed by atoms with van der Waals surface area (Å²) in [6.07, 6.45) is 6.21. The number of fused-ring (bicyclic) bond motifs is 1. The van der Waals surface area contributed by atoms with Crippen molar-refractivity contribution in [1.29, 1.82) is 0 Å². The number of thioether (sulfide) groups is 1. The highest BCUT2D eigenvalue weighted by Gasteiger charge is 2.40. The van der Waals surface area contributed by atoms with E-state index in [0.29, 0.717) is 24.2 Å². The van der Waals surface area contributed by atoms with Crippen LogP contribution in [0.1, 0.15) is 19.3 Å². The normalized spacial score (nSPS) is 22.1. The molecule has 2 aliphatic rings. The van der Waals surface area contributed by atoms with Crippen LogP contribution in [0.3, 0.4) is 0 Å². The molecule has 9 heteroatoms. The lowest BCUT2D eigenvalue weighted by atomic mass is 9.82. The van der Waals surface area contributed by atoms with Crippen LogP contribution in [0.15, 0.2) is 71.8 Å². The maximum atomic E-state index is 13.1. The fraction of sp³-hybridized carbons (Fsp3) is 0.231. The van der Waals surface area contributed by atoms with Gasteiger partial charge in [0.05, 0.1) is 22.8 Å². The Morgan fingerprint density at radius 2 is 1.83 bits per heavy atom. The first-order valence-electron chi connectivity index (χ1n) is 11.3. The van der Waals surface area contributed by atoms with Crippen molar-refractivity contribution in [2.24, 2.45) is 11.8 Å². The van der Waals surface area contributed by atoms with Gasteiger partial charge in [-0.25, -0.2) is 4.90 Å². The first-order valence-corrected chi connectivity index (χ1v) is 12.2. The molecule has 0 radical (unpaired) electrons. The number of benzene rings is 2. The molecule has 1 aromatic heterocycles. The maximum absolute atomic E-state index is 13.1. The number of allylic oxidation sites excluding steroid dienone is 2. The summed E-state index contributed by atoms with van der Waals surface area (Å²) in [7, 11) is 0. The molecule has 1 aliphatic heterocycles. The van der Waals surface area contributed by atoms with Crippen molar-refractivity contribution in [1.82, 2.24) is 4.98 Å². The van der Waals surface area contributed by atoms with E-state index in [4.69, 9.17) is 0 Å². The van der Waals surface area contributed by atoms with Crippen molar-refractivity contribution in [3.8, 4) is 0 Å². The smallest absolute Gasteiger partial charge is 0.307 e. The molecule has 3 atom stereocenters. The quantitative estimate of drug-likeness (QED) is 0.353. The van der Waals surface area contributed by atoms with Crippen molar-refractivity contribution in [2.45, 2.75) is 29.4 Å². The second kappa shape index (κ2) is 9.42. The Hall–Kier alpha value is -3.85. The highest BCUT2D eigenvalue weighted by Crippen LogP contribution is 2.36. The van der Waals surface area contributed by atoms with Gasteiger partial charge in [0.25, 0.3) is 0 Å². The molecule has 1 saturated heterocycles. The highest BCUT2D eigenvalue weighted by molar-refractivity contribution is 8.00. The summed E-state index contributed by atoms with van der Waals surface area (Å²) in [5.74, 6) is -3.26. The number of carbonyl (C=O) groups excluding carboxylic acids is 3. The number of nitrogens with zero attached hydrogens (tertiary/aromatic N) is 1. The Labute approximate surface area is 205 Å². The number of amides is 3. The molecule has 1 aliphatic carbocycles. The summed E-state index contributed by atoms with van der Waals surface area (Å²) in [6.45, 7) is 0. The summed E-state index contributed by atoms with van der Waals surface area (Å²) >= 11 is 1.27. The van der Waals surface area contributed by atoms with Gasteiger partial charge in [-0.05, 0) is 54.6 Å². The third kappa shape index (κ3) is 4.59. The molecule has 35 heavy (non-hydrogen) atoms. The second-order valence-electron chi connectivity index (χ2n) is 8.64. The van der Waals surface area contributed by atoms with Gasteiger partial charge < -0.3 is 15.4 Å². The fourth-order valence-electron chi connectivity index (χ4n) is 4.57. The van der Waals surface area contributed by atoms with Crippen LogP contribution in [0, 0.1) is 11.8 Å². The van der Waals surface area contributed by atoms with Crippen molar-refractivity contribution < 1.29 is 24.3 Å². The van der Waals surface area contributed by atoms with Gasteiger partial charge in [-0.15, -0.1) is 11.8 Å². The van der Waals surface area contributed by atoms with E-state index in [-0.39, 0.29) is 24.1 Å². The number of hydrogen-bond donors (Lipinski definition) is 3. The van der Waals surface area contributed by atoms with Crippen LogP contribution in [-0.4, -0.2) is 39.0 Å². The molecule has 1 fully saturated rings. The van der Waals surface area contributed by atoms with E-state index in [1.165, 1.54) is 16.7 Å². The Bertz CT molecular complexity index is 1360. The number of carboxylic acid groups (broad SMARTS) is 1. The number of hydrogen-bond acceptors (Lipinski definition) is 5. The number of H-pyrrole nitrogens is 1. The van der Waals surface area contributed by atoms with Crippen LogP contribution in [0.25, 0.3) is 10.9 Å². The molecule has 3 aromatic rings. The van der Waals surface area contributed by atoms with Crippen LogP contribution < -0.4 is 10.2 Å². The van der Waals surface area contributed by atoms with Gasteiger partial charge in [-0.1, -0.05) is 24.3 Å². The van der Waals surface area contributed by atoms with E-state index in [1.807, 2.05) is 24.3 Å². The van der Waals surface area contributed by atoms with Crippen LogP contribution in [0.2, 0.25) is 0 Å². The standard InChI is InChI=1S/C26H23N3O5S/c30-23-14-22(25(32)29(23)17-9-8-15-10-11-27-21(15)13-17)35-18-5-3-4-16(12-18)28-24(31)19-6-1-2-7-20(19)26(33)34/h1-5,8-13,19-20,22,27H,6-7,14H2,(H,28,31)(H,33,34). The number of anilines is 2. The topological polar surface area (TPSA) is 120 Å². The minimum Gasteiger partial charge on any atom is -0.481 e. The van der Waals surface area contributed by atoms with Gasteiger partial charge in [-0.3, -0.25) is 19.2 Å². The average Bonchev–Trinajstić information content (AvgIpc) is 3.42. The molecule has 3 N–H and O–H groups in total. The molecule has 0 spiro atoms. The lowest BCUT2D eigenvalue weighted by molar-refractivity contribution is -0.146. The minimum absolute atomic E-state index is 0.0809. The van der Waals surface area contributed by atoms with Crippen LogP contribution >= 0.6 is 11.8 Å². The van der Waals surface area contributed by atoms with Gasteiger partial charge in [0, 0.05) is 28.7 Å². The molecule has 0 saturated carbocycles. The summed E-state index contributed by atoms with van der Waals surface area (Å²) < 4.78 is 0. The van der Waals surface area contributed by atoms with Crippen LogP contribution in [0.5, 0.6) is 0 Å². The van der Waals surface area contributed by atoms with Crippen molar-refractivity contribution in [3.05, 3.63) is 66.9 Å². The molecule has 3 unspecified atom stereocenters. The number of aromatic amines is 1. The monoisotopic (exact) mass is 489 g/mol. The zero-order valence-electron chi connectivity index (χ0n) is 18.6. The first-order chi connectivity index (χ1) is 16.9. The predicted molar refractivity (Wildman–Crippen MR) is 133 cm³/mol. The van der Waals surface area contributed by atoms with E-state index in [9.17, 15) is 24.3 Å². The van der Waals surface area contributed by atoms with E-state index < -0.39 is 23.1 Å². The number of carboxylic acids is 1. The second-order valence-corrected chi connectivity index (χ2v) is 9.91. The number of rotatable bonds is 6. The number of aromatic nitrogens is 1. The van der Waals surface area contributed by atoms with E-state index in [2.05, 4.69) is 10.3 Å². The lowest BCUT2D eigenvalue weighted by Gasteiger charge is -2.24. The first kappa shape index (κ1) is 22.9. The minimum atomic E-state index is -0.983. The van der Waals surface area contributed by atoms with Crippen molar-refractivity contribution >= 4 is 57.7 Å². The molecule has 5 rings (SSSR count). The molecule has 2 aromatic carbocycles. The summed E-state index contributed by atoms with van der Waals surface area (Å²) in [6, 6.07) is 14.4. The average molecular weight is 490 g/mol. The van der Waals surface area contributed by atoms with Crippen LogP contribution in [-0.2, 0) is 19.2 Å². The molecule has 8 nitrogen and oxygen atoms in total. The zero-order valence-corrected chi connectivity index (χ0v) is 19.5. The number of imide groups is 1. The van der Waals surface area contributed by atoms with Gasteiger partial charge in [-0.2, -0.15) is 0 Å². The fourth-order valence-corrected chi connectivity index (χ4v) is 5.68. The molecule has 0 bridgehead atoms. The summed E-state index contributed by atoms with van der Waals surface area (Å²) in [4.78, 5) is 55.2. The maximum Gasteiger partial charge on any atom is 0.307 e. The van der Waals surface area contributed by atoms with Gasteiger partial charge >= 0.3 is 5.97 Å². The van der Waals surface area contributed by atoms with Crippen molar-refractivity contribution in [3.63, 3.8) is 0 Å². The Balaban J connectivity index is 1.28. The summed E-state index contributed by atoms with van der Waals surface area (Å²) in [5.41, 5.74) is 1.90. The van der Waals surface area contributed by atoms with Gasteiger partial charge in [0.15, 0.2) is 0 Å². The Morgan fingerprint density at radius 3 is 2.63 bits per heavy atom. The lowest BCUT2D eigenvalue weighted by Crippen LogP contribution is -2.34. The third-order valence-electron chi connectivity index (χ3n) is 6.37. The SMILES string of the molecule is O=C(O)C1CC=CCC1C(=O)Nc1cccc(SC2CC(=O)N(c3ccc4cc[nH]c4c3)C2=O)c1. The van der Waals surface area contributed by atoms with E-state index in [0.717, 1.165) is 15.8 Å². The zero-order chi connectivity index (χ0) is 24.5. The number of nitrogens with one attached hydrogen (secondary N) is 2. The van der Waals surface area contributed by atoms with Crippen molar-refractivity contribution in [2.75, 3.05) is 10.2 Å². The van der Waals surface area contributed by atoms with E-state index in [1.54, 1.807) is 42.6 Å². The summed E-state index contributed by atoms with van der Waals surface area (Å²) in [5, 5.41) is 12.7. The van der Waals surface area contributed by atoms with E-state index >= 15 is 0 Å². The molecule has 178 valence electrons. The predicted octanol–water partition coefficient (Wildman–Crippen LogP) is 4.20. The molecular weight excluding hydrogens is 466 g/mol. The largest absolute Gasteiger partial charge is 0.481 e. The van der Waals surface area contributed by atoms with Gasteiger partial charge in [0.1, 0.15) is 0 Å². The Morgan fingerprint density at radius 1 is 1.03 bits per heavy atom. The number of carbonyl (C=O) groups is 4. The third-order valence-corrected chi connectivity index (χ3v) is 7.55. The molecule has 3 amide bonds. The molecular formula is C26H23N3O5S. The Kier molecular flexibility index (Phi) is 6.17. The highest BCUT2D eigenvalue weighted by atomic mass is 32.2.